The quantitative estimate of drug-likeness (QED) is 0.723. The molecule has 0 aliphatic heterocycles. The Hall–Kier alpha value is -2.98. The van der Waals surface area contributed by atoms with Crippen molar-refractivity contribution in [2.75, 3.05) is 18.1 Å². The number of hydrogen-bond donors (Lipinski definition) is 0. The molecule has 134 valence electrons. The number of carbonyl (C=O) groups is 2. The highest BCUT2D eigenvalue weighted by molar-refractivity contribution is 6.31. The van der Waals surface area contributed by atoms with Gasteiger partial charge in [0.15, 0.2) is 12.3 Å². The monoisotopic (exact) mass is 372 g/mol. The standard InChI is InChI=1S/C18H17ClN4O3/c1-12-8-14(4-5-15(12)19)23(7-3-6-20)17(24)11-26-18(25)16-10-21-13(2)9-22-16/h4-5,8-10H,3,7,11H2,1-2H3. The number of ether oxygens (including phenoxy) is 1. The molecule has 1 amide bonds. The lowest BCUT2D eigenvalue weighted by Crippen LogP contribution is -2.35. The van der Waals surface area contributed by atoms with Crippen LogP contribution in [0, 0.1) is 25.2 Å². The highest BCUT2D eigenvalue weighted by Gasteiger charge is 2.19. The summed E-state index contributed by atoms with van der Waals surface area (Å²) in [7, 11) is 0. The number of halogens is 1. The van der Waals surface area contributed by atoms with E-state index in [1.165, 1.54) is 17.3 Å². The Balaban J connectivity index is 2.08. The number of amides is 1. The lowest BCUT2D eigenvalue weighted by atomic mass is 10.2. The van der Waals surface area contributed by atoms with Gasteiger partial charge in [-0.25, -0.2) is 9.78 Å². The summed E-state index contributed by atoms with van der Waals surface area (Å²) in [5.74, 6) is -1.19. The predicted octanol–water partition coefficient (Wildman–Crippen LogP) is 2.85. The molecule has 0 atom stereocenters. The van der Waals surface area contributed by atoms with Gasteiger partial charge in [0, 0.05) is 23.5 Å². The van der Waals surface area contributed by atoms with Gasteiger partial charge in [-0.05, 0) is 37.6 Å². The number of hydrogen-bond acceptors (Lipinski definition) is 6. The fraction of sp³-hybridized carbons (Fsp3) is 0.278. The minimum Gasteiger partial charge on any atom is -0.451 e. The van der Waals surface area contributed by atoms with Crippen LogP contribution in [0.1, 0.15) is 28.2 Å². The van der Waals surface area contributed by atoms with E-state index in [9.17, 15) is 9.59 Å². The molecule has 26 heavy (non-hydrogen) atoms. The molecule has 0 spiro atoms. The van der Waals surface area contributed by atoms with Crippen molar-refractivity contribution in [1.82, 2.24) is 9.97 Å². The van der Waals surface area contributed by atoms with Gasteiger partial charge >= 0.3 is 5.97 Å². The van der Waals surface area contributed by atoms with Gasteiger partial charge in [0.2, 0.25) is 0 Å². The van der Waals surface area contributed by atoms with Crippen molar-refractivity contribution in [1.29, 1.82) is 5.26 Å². The number of rotatable bonds is 6. The average Bonchev–Trinajstić information content (AvgIpc) is 2.63. The molecule has 0 saturated carbocycles. The number of esters is 1. The second kappa shape index (κ2) is 8.92. The summed E-state index contributed by atoms with van der Waals surface area (Å²) < 4.78 is 5.02. The number of carbonyl (C=O) groups excluding carboxylic acids is 2. The smallest absolute Gasteiger partial charge is 0.359 e. The van der Waals surface area contributed by atoms with E-state index in [0.29, 0.717) is 16.4 Å². The van der Waals surface area contributed by atoms with Gasteiger partial charge in [-0.1, -0.05) is 11.6 Å². The Bertz CT molecular complexity index is 847. The van der Waals surface area contributed by atoms with Crippen molar-refractivity contribution in [3.8, 4) is 6.07 Å². The van der Waals surface area contributed by atoms with Crippen molar-refractivity contribution < 1.29 is 14.3 Å². The fourth-order valence-corrected chi connectivity index (χ4v) is 2.25. The molecule has 0 bridgehead atoms. The van der Waals surface area contributed by atoms with Crippen LogP contribution in [0.5, 0.6) is 0 Å². The molecule has 0 N–H and O–H groups in total. The van der Waals surface area contributed by atoms with Gasteiger partial charge in [-0.15, -0.1) is 0 Å². The van der Waals surface area contributed by atoms with Crippen LogP contribution in [0.3, 0.4) is 0 Å². The average molecular weight is 373 g/mol. The maximum absolute atomic E-state index is 12.5. The molecule has 2 aromatic rings. The minimum absolute atomic E-state index is 0.0225. The first-order valence-electron chi connectivity index (χ1n) is 7.81. The summed E-state index contributed by atoms with van der Waals surface area (Å²) in [6.07, 6.45) is 2.87. The van der Waals surface area contributed by atoms with Crippen molar-refractivity contribution in [3.05, 3.63) is 52.6 Å². The van der Waals surface area contributed by atoms with E-state index >= 15 is 0 Å². The van der Waals surface area contributed by atoms with Crippen molar-refractivity contribution >= 4 is 29.2 Å². The second-order valence-corrected chi connectivity index (χ2v) is 5.91. The van der Waals surface area contributed by atoms with Crippen molar-refractivity contribution in [3.63, 3.8) is 0 Å². The Morgan fingerprint density at radius 1 is 1.27 bits per heavy atom. The number of benzene rings is 1. The molecular formula is C18H17ClN4O3. The van der Waals surface area contributed by atoms with E-state index in [-0.39, 0.29) is 18.7 Å². The summed E-state index contributed by atoms with van der Waals surface area (Å²) in [4.78, 5) is 33.7. The highest BCUT2D eigenvalue weighted by Crippen LogP contribution is 2.23. The van der Waals surface area contributed by atoms with Crippen LogP contribution in [0.15, 0.2) is 30.6 Å². The molecule has 0 saturated heterocycles. The first-order valence-corrected chi connectivity index (χ1v) is 8.19. The van der Waals surface area contributed by atoms with Crippen LogP contribution in [0.4, 0.5) is 5.69 Å². The lowest BCUT2D eigenvalue weighted by molar-refractivity contribution is -0.121. The highest BCUT2D eigenvalue weighted by atomic mass is 35.5. The third-order valence-corrected chi connectivity index (χ3v) is 3.94. The molecular weight excluding hydrogens is 356 g/mol. The van der Waals surface area contributed by atoms with Gasteiger partial charge < -0.3 is 9.64 Å². The topological polar surface area (TPSA) is 96.2 Å². The van der Waals surface area contributed by atoms with Gasteiger partial charge in [0.05, 0.1) is 24.4 Å². The van der Waals surface area contributed by atoms with Crippen LogP contribution in [0.25, 0.3) is 0 Å². The zero-order valence-electron chi connectivity index (χ0n) is 14.4. The lowest BCUT2D eigenvalue weighted by Gasteiger charge is -2.22. The SMILES string of the molecule is Cc1cnc(C(=O)OCC(=O)N(CCC#N)c2ccc(Cl)c(C)c2)cn1. The Morgan fingerprint density at radius 2 is 2.04 bits per heavy atom. The van der Waals surface area contributed by atoms with E-state index in [1.807, 2.05) is 13.0 Å². The Morgan fingerprint density at radius 3 is 2.65 bits per heavy atom. The molecule has 0 unspecified atom stereocenters. The third-order valence-electron chi connectivity index (χ3n) is 3.52. The Labute approximate surface area is 156 Å². The van der Waals surface area contributed by atoms with Crippen LogP contribution in [-0.2, 0) is 9.53 Å². The van der Waals surface area contributed by atoms with E-state index in [2.05, 4.69) is 9.97 Å². The van der Waals surface area contributed by atoms with Gasteiger partial charge in [0.25, 0.3) is 5.91 Å². The summed E-state index contributed by atoms with van der Waals surface area (Å²) in [5.41, 5.74) is 2.07. The van der Waals surface area contributed by atoms with E-state index in [1.54, 1.807) is 25.1 Å². The molecule has 0 radical (unpaired) electrons. The Kier molecular flexibility index (Phi) is 6.64. The predicted molar refractivity (Wildman–Crippen MR) is 95.8 cm³/mol. The van der Waals surface area contributed by atoms with Gasteiger partial charge in [0.1, 0.15) is 0 Å². The zero-order chi connectivity index (χ0) is 19.1. The number of aryl methyl sites for hydroxylation is 2. The van der Waals surface area contributed by atoms with Crippen LogP contribution in [0.2, 0.25) is 5.02 Å². The van der Waals surface area contributed by atoms with Crippen LogP contribution >= 0.6 is 11.6 Å². The number of anilines is 1. The largest absolute Gasteiger partial charge is 0.451 e. The summed E-state index contributed by atoms with van der Waals surface area (Å²) in [5, 5.41) is 9.40. The summed E-state index contributed by atoms with van der Waals surface area (Å²) in [6, 6.07) is 7.09. The van der Waals surface area contributed by atoms with Crippen molar-refractivity contribution in [2.45, 2.75) is 20.3 Å². The molecule has 1 aromatic heterocycles. The molecule has 7 nitrogen and oxygen atoms in total. The van der Waals surface area contributed by atoms with Gasteiger partial charge in [-0.3, -0.25) is 9.78 Å². The van der Waals surface area contributed by atoms with Crippen LogP contribution < -0.4 is 4.90 Å². The maximum Gasteiger partial charge on any atom is 0.359 e. The fourth-order valence-electron chi connectivity index (χ4n) is 2.13. The molecule has 0 aliphatic rings. The zero-order valence-corrected chi connectivity index (χ0v) is 15.2. The van der Waals surface area contributed by atoms with Crippen LogP contribution in [-0.4, -0.2) is 35.0 Å². The first kappa shape index (κ1) is 19.3. The molecule has 1 heterocycles. The van der Waals surface area contributed by atoms with Gasteiger partial charge in [-0.2, -0.15) is 5.26 Å². The van der Waals surface area contributed by atoms with Crippen molar-refractivity contribution in [2.24, 2.45) is 0 Å². The summed E-state index contributed by atoms with van der Waals surface area (Å²) in [6.45, 7) is 3.27. The molecule has 1 aromatic carbocycles. The maximum atomic E-state index is 12.5. The molecule has 0 fully saturated rings. The summed E-state index contributed by atoms with van der Waals surface area (Å²) >= 11 is 6.01. The molecule has 0 aliphatic carbocycles. The van der Waals surface area contributed by atoms with E-state index in [0.717, 1.165) is 5.56 Å². The third kappa shape index (κ3) is 5.01. The van der Waals surface area contributed by atoms with E-state index < -0.39 is 18.5 Å². The molecule has 8 heteroatoms. The normalized spacial score (nSPS) is 10.1. The number of nitriles is 1. The second-order valence-electron chi connectivity index (χ2n) is 5.51. The van der Waals surface area contributed by atoms with E-state index in [4.69, 9.17) is 21.6 Å². The molecule has 2 rings (SSSR count). The number of aromatic nitrogens is 2. The minimum atomic E-state index is -0.738. The number of nitrogens with zero attached hydrogens (tertiary/aromatic N) is 4. The first-order chi connectivity index (χ1) is 12.4.